The molecule has 0 unspecified atom stereocenters. The minimum absolute atomic E-state index is 0.142. The summed E-state index contributed by atoms with van der Waals surface area (Å²) in [5.41, 5.74) is 1.72. The lowest BCUT2D eigenvalue weighted by Gasteiger charge is -2.09. The largest absolute Gasteiger partial charge is 0.451 e. The van der Waals surface area contributed by atoms with Crippen molar-refractivity contribution in [1.29, 1.82) is 5.26 Å². The van der Waals surface area contributed by atoms with E-state index in [0.717, 1.165) is 36.1 Å². The molecule has 3 rings (SSSR count). The molecule has 9 heteroatoms. The van der Waals surface area contributed by atoms with Gasteiger partial charge in [0.05, 0.1) is 5.56 Å². The normalized spacial score (nSPS) is 12.6. The standard InChI is InChI=1S/C18H18N4O3S2/c1-2-7-20-18-21-13(10-26-18)17(24)25-9-15(23)22-16-12(8-19)11-5-3-4-6-14(11)27-16/h2,10H,1,3-7,9H2,(H,20,21)(H,22,23). The molecule has 0 radical (unpaired) electrons. The fourth-order valence-electron chi connectivity index (χ4n) is 2.75. The second-order valence-corrected chi connectivity index (χ2v) is 7.82. The van der Waals surface area contributed by atoms with E-state index in [0.29, 0.717) is 22.2 Å². The number of nitriles is 1. The van der Waals surface area contributed by atoms with Gasteiger partial charge in [-0.1, -0.05) is 6.08 Å². The zero-order chi connectivity index (χ0) is 19.2. The fraction of sp³-hybridized carbons (Fsp3) is 0.333. The van der Waals surface area contributed by atoms with Crippen LogP contribution in [0.1, 0.15) is 39.3 Å². The van der Waals surface area contributed by atoms with Crippen molar-refractivity contribution in [3.63, 3.8) is 0 Å². The van der Waals surface area contributed by atoms with Gasteiger partial charge in [-0.3, -0.25) is 4.79 Å². The number of nitrogens with one attached hydrogen (secondary N) is 2. The number of anilines is 2. The molecule has 0 aliphatic heterocycles. The van der Waals surface area contributed by atoms with Crippen molar-refractivity contribution in [2.24, 2.45) is 0 Å². The molecular weight excluding hydrogens is 384 g/mol. The highest BCUT2D eigenvalue weighted by atomic mass is 32.1. The van der Waals surface area contributed by atoms with Crippen molar-refractivity contribution in [2.75, 3.05) is 23.8 Å². The summed E-state index contributed by atoms with van der Waals surface area (Å²) in [7, 11) is 0. The molecule has 2 heterocycles. The number of nitrogens with zero attached hydrogens (tertiary/aromatic N) is 2. The molecule has 2 aromatic rings. The molecule has 0 aromatic carbocycles. The minimum atomic E-state index is -0.668. The number of esters is 1. The summed E-state index contributed by atoms with van der Waals surface area (Å²) < 4.78 is 5.02. The van der Waals surface area contributed by atoms with Gasteiger partial charge in [-0.25, -0.2) is 9.78 Å². The molecule has 140 valence electrons. The first-order valence-corrected chi connectivity index (χ1v) is 10.1. The topological polar surface area (TPSA) is 104 Å². The number of amides is 1. The van der Waals surface area contributed by atoms with Gasteiger partial charge >= 0.3 is 5.97 Å². The lowest BCUT2D eigenvalue weighted by molar-refractivity contribution is -0.119. The van der Waals surface area contributed by atoms with Gasteiger partial charge in [-0.2, -0.15) is 5.26 Å². The average molecular weight is 403 g/mol. The summed E-state index contributed by atoms with van der Waals surface area (Å²) in [4.78, 5) is 29.4. The van der Waals surface area contributed by atoms with Gasteiger partial charge in [0, 0.05) is 16.8 Å². The number of rotatable bonds is 7. The predicted molar refractivity (Wildman–Crippen MR) is 105 cm³/mol. The Balaban J connectivity index is 1.56. The molecule has 27 heavy (non-hydrogen) atoms. The molecular formula is C18H18N4O3S2. The van der Waals surface area contributed by atoms with Crippen molar-refractivity contribution in [3.8, 4) is 6.07 Å². The first kappa shape index (κ1) is 19.1. The van der Waals surface area contributed by atoms with Gasteiger partial charge in [0.2, 0.25) is 0 Å². The van der Waals surface area contributed by atoms with Crippen LogP contribution in [-0.2, 0) is 22.4 Å². The third-order valence-electron chi connectivity index (χ3n) is 3.98. The smallest absolute Gasteiger partial charge is 0.358 e. The number of ether oxygens (including phenoxy) is 1. The van der Waals surface area contributed by atoms with Crippen molar-refractivity contribution >= 4 is 44.7 Å². The molecule has 0 fully saturated rings. The summed E-state index contributed by atoms with van der Waals surface area (Å²) in [5, 5.41) is 17.8. The number of hydrogen-bond donors (Lipinski definition) is 2. The molecule has 7 nitrogen and oxygen atoms in total. The van der Waals surface area contributed by atoms with E-state index in [1.807, 2.05) is 0 Å². The molecule has 0 saturated carbocycles. The van der Waals surface area contributed by atoms with Crippen LogP contribution in [0.4, 0.5) is 10.1 Å². The number of aryl methyl sites for hydroxylation is 1. The lowest BCUT2D eigenvalue weighted by atomic mass is 9.96. The number of fused-ring (bicyclic) bond motifs is 1. The molecule has 0 atom stereocenters. The second kappa shape index (κ2) is 8.79. The van der Waals surface area contributed by atoms with Gasteiger partial charge in [0.1, 0.15) is 11.1 Å². The molecule has 2 aromatic heterocycles. The number of carbonyl (C=O) groups excluding carboxylic acids is 2. The van der Waals surface area contributed by atoms with Gasteiger partial charge in [0.15, 0.2) is 17.4 Å². The van der Waals surface area contributed by atoms with Crippen LogP contribution in [0, 0.1) is 11.3 Å². The van der Waals surface area contributed by atoms with Gasteiger partial charge in [-0.05, 0) is 31.2 Å². The SMILES string of the molecule is C=CCNc1nc(C(=O)OCC(=O)Nc2sc3c(c2C#N)CCCC3)cs1. The molecule has 0 spiro atoms. The highest BCUT2D eigenvalue weighted by Gasteiger charge is 2.22. The fourth-order valence-corrected chi connectivity index (χ4v) is 4.69. The number of thiophene rings is 1. The maximum Gasteiger partial charge on any atom is 0.358 e. The molecule has 0 saturated heterocycles. The van der Waals surface area contributed by atoms with Gasteiger partial charge in [0.25, 0.3) is 5.91 Å². The Morgan fingerprint density at radius 2 is 2.22 bits per heavy atom. The van der Waals surface area contributed by atoms with Crippen LogP contribution in [0.2, 0.25) is 0 Å². The predicted octanol–water partition coefficient (Wildman–Crippen LogP) is 3.35. The van der Waals surface area contributed by atoms with Crippen molar-refractivity contribution in [2.45, 2.75) is 25.7 Å². The van der Waals surface area contributed by atoms with Crippen LogP contribution < -0.4 is 10.6 Å². The molecule has 1 aliphatic rings. The number of hydrogen-bond acceptors (Lipinski definition) is 8. The van der Waals surface area contributed by atoms with E-state index in [-0.39, 0.29) is 5.69 Å². The van der Waals surface area contributed by atoms with Crippen LogP contribution in [0.5, 0.6) is 0 Å². The Kier molecular flexibility index (Phi) is 6.21. The Bertz CT molecular complexity index is 910. The van der Waals surface area contributed by atoms with Crippen LogP contribution in [0.25, 0.3) is 0 Å². The quantitative estimate of drug-likeness (QED) is 0.544. The number of aromatic nitrogens is 1. The maximum absolute atomic E-state index is 12.1. The van der Waals surface area contributed by atoms with Crippen molar-refractivity contribution in [3.05, 3.63) is 39.7 Å². The third kappa shape index (κ3) is 4.53. The van der Waals surface area contributed by atoms with Crippen LogP contribution in [0.15, 0.2) is 18.0 Å². The van der Waals surface area contributed by atoms with E-state index in [4.69, 9.17) is 4.74 Å². The van der Waals surface area contributed by atoms with Crippen LogP contribution >= 0.6 is 22.7 Å². The summed E-state index contributed by atoms with van der Waals surface area (Å²) >= 11 is 2.70. The molecule has 0 bridgehead atoms. The second-order valence-electron chi connectivity index (χ2n) is 5.86. The summed E-state index contributed by atoms with van der Waals surface area (Å²) in [6.07, 6.45) is 5.64. The molecule has 1 amide bonds. The zero-order valence-electron chi connectivity index (χ0n) is 14.5. The Morgan fingerprint density at radius 3 is 3.00 bits per heavy atom. The minimum Gasteiger partial charge on any atom is -0.451 e. The highest BCUT2D eigenvalue weighted by molar-refractivity contribution is 7.16. The van der Waals surface area contributed by atoms with Crippen LogP contribution in [-0.4, -0.2) is 30.0 Å². The van der Waals surface area contributed by atoms with Crippen molar-refractivity contribution in [1.82, 2.24) is 4.98 Å². The first-order valence-electron chi connectivity index (χ1n) is 8.44. The van der Waals surface area contributed by atoms with Gasteiger partial charge < -0.3 is 15.4 Å². The van der Waals surface area contributed by atoms with E-state index in [1.54, 1.807) is 11.5 Å². The van der Waals surface area contributed by atoms with E-state index in [9.17, 15) is 14.9 Å². The third-order valence-corrected chi connectivity index (χ3v) is 5.99. The Hall–Kier alpha value is -2.70. The summed E-state index contributed by atoms with van der Waals surface area (Å²) in [6, 6.07) is 2.18. The lowest BCUT2D eigenvalue weighted by Crippen LogP contribution is -2.21. The Morgan fingerprint density at radius 1 is 1.41 bits per heavy atom. The van der Waals surface area contributed by atoms with Crippen molar-refractivity contribution < 1.29 is 14.3 Å². The van der Waals surface area contributed by atoms with E-state index >= 15 is 0 Å². The average Bonchev–Trinajstić information content (AvgIpc) is 3.28. The van der Waals surface area contributed by atoms with Gasteiger partial charge in [-0.15, -0.1) is 29.3 Å². The number of carbonyl (C=O) groups is 2. The Labute approximate surface area is 164 Å². The summed E-state index contributed by atoms with van der Waals surface area (Å²) in [5.74, 6) is -1.14. The number of thiazole rings is 1. The molecule has 1 aliphatic carbocycles. The monoisotopic (exact) mass is 402 g/mol. The van der Waals surface area contributed by atoms with Crippen LogP contribution in [0.3, 0.4) is 0 Å². The zero-order valence-corrected chi connectivity index (χ0v) is 16.2. The van der Waals surface area contributed by atoms with E-state index < -0.39 is 18.5 Å². The highest BCUT2D eigenvalue weighted by Crippen LogP contribution is 2.37. The molecule has 2 N–H and O–H groups in total. The van der Waals surface area contributed by atoms with E-state index in [1.165, 1.54) is 22.7 Å². The first-order chi connectivity index (χ1) is 13.1. The maximum atomic E-state index is 12.1. The van der Waals surface area contributed by atoms with E-state index in [2.05, 4.69) is 28.3 Å². The summed E-state index contributed by atoms with van der Waals surface area (Å²) in [6.45, 7) is 3.70.